The van der Waals surface area contributed by atoms with Crippen molar-refractivity contribution < 1.29 is 0 Å². The van der Waals surface area contributed by atoms with Gasteiger partial charge in [-0.25, -0.2) is 0 Å². The Labute approximate surface area is 95.3 Å². The topological polar surface area (TPSA) is 27.0 Å². The highest BCUT2D eigenvalue weighted by Gasteiger charge is 2.08. The van der Waals surface area contributed by atoms with Crippen molar-refractivity contribution in [3.8, 4) is 6.07 Å². The van der Waals surface area contributed by atoms with Crippen LogP contribution in [0.4, 0.5) is 0 Å². The van der Waals surface area contributed by atoms with Gasteiger partial charge in [-0.3, -0.25) is 0 Å². The van der Waals surface area contributed by atoms with E-state index in [0.29, 0.717) is 6.42 Å². The zero-order valence-electron chi connectivity index (χ0n) is 10.8. The fraction of sp³-hybridized carbons (Fsp3) is 0.923. The number of unbranched alkanes of at least 4 members (excludes halogenated alkanes) is 2. The Morgan fingerprint density at radius 3 is 1.93 bits per heavy atom. The van der Waals surface area contributed by atoms with Crippen LogP contribution in [0.3, 0.4) is 0 Å². The Hall–Kier alpha value is -0.550. The lowest BCUT2D eigenvalue weighted by Gasteiger charge is -2.25. The molecular formula is C13H26N2. The number of hydrogen-bond donors (Lipinski definition) is 0. The Morgan fingerprint density at radius 1 is 1.00 bits per heavy atom. The molecule has 88 valence electrons. The predicted molar refractivity (Wildman–Crippen MR) is 65.6 cm³/mol. The van der Waals surface area contributed by atoms with Crippen LogP contribution in [-0.2, 0) is 0 Å². The van der Waals surface area contributed by atoms with Crippen LogP contribution in [0, 0.1) is 23.2 Å². The summed E-state index contributed by atoms with van der Waals surface area (Å²) in [5.41, 5.74) is 0. The van der Waals surface area contributed by atoms with Crippen LogP contribution in [0.5, 0.6) is 0 Å². The molecule has 0 spiro atoms. The number of rotatable bonds is 8. The van der Waals surface area contributed by atoms with E-state index in [0.717, 1.165) is 31.2 Å². The van der Waals surface area contributed by atoms with Gasteiger partial charge < -0.3 is 4.90 Å². The van der Waals surface area contributed by atoms with Crippen molar-refractivity contribution in [3.63, 3.8) is 0 Å². The highest BCUT2D eigenvalue weighted by Crippen LogP contribution is 2.06. The normalized spacial score (nSPS) is 11.3. The molecule has 0 heterocycles. The first-order valence-corrected chi connectivity index (χ1v) is 6.15. The first kappa shape index (κ1) is 14.5. The van der Waals surface area contributed by atoms with Crippen LogP contribution >= 0.6 is 0 Å². The third-order valence-corrected chi connectivity index (χ3v) is 2.26. The van der Waals surface area contributed by atoms with Crippen LogP contribution in [0.25, 0.3) is 0 Å². The minimum absolute atomic E-state index is 0.706. The van der Waals surface area contributed by atoms with Gasteiger partial charge in [0.2, 0.25) is 0 Å². The highest BCUT2D eigenvalue weighted by atomic mass is 15.1. The Bertz CT molecular complexity index is 169. The first-order valence-electron chi connectivity index (χ1n) is 6.15. The lowest BCUT2D eigenvalue weighted by Crippen LogP contribution is -2.32. The second-order valence-electron chi connectivity index (χ2n) is 5.16. The zero-order valence-corrected chi connectivity index (χ0v) is 10.8. The molecule has 0 saturated carbocycles. The summed E-state index contributed by atoms with van der Waals surface area (Å²) in [7, 11) is 0. The van der Waals surface area contributed by atoms with Gasteiger partial charge in [0.1, 0.15) is 0 Å². The van der Waals surface area contributed by atoms with Crippen molar-refractivity contribution in [1.29, 1.82) is 5.26 Å². The summed E-state index contributed by atoms with van der Waals surface area (Å²) in [5.74, 6) is 1.47. The number of nitriles is 1. The quantitative estimate of drug-likeness (QED) is 0.575. The Morgan fingerprint density at radius 2 is 1.53 bits per heavy atom. The van der Waals surface area contributed by atoms with Crippen LogP contribution in [0.2, 0.25) is 0 Å². The largest absolute Gasteiger partial charge is 0.303 e. The van der Waals surface area contributed by atoms with Crippen molar-refractivity contribution in [1.82, 2.24) is 4.90 Å². The molecule has 0 amide bonds. The summed E-state index contributed by atoms with van der Waals surface area (Å²) in [4.78, 5) is 2.53. The van der Waals surface area contributed by atoms with Gasteiger partial charge in [-0.1, -0.05) is 27.7 Å². The molecule has 0 aliphatic rings. The molecule has 0 rings (SSSR count). The summed E-state index contributed by atoms with van der Waals surface area (Å²) < 4.78 is 0. The van der Waals surface area contributed by atoms with E-state index in [1.807, 2.05) is 0 Å². The Kier molecular flexibility index (Phi) is 8.41. The third kappa shape index (κ3) is 9.75. The van der Waals surface area contributed by atoms with Gasteiger partial charge in [-0.05, 0) is 31.2 Å². The van der Waals surface area contributed by atoms with E-state index in [1.165, 1.54) is 13.1 Å². The predicted octanol–water partition coefficient (Wildman–Crippen LogP) is 3.29. The molecule has 0 aliphatic carbocycles. The van der Waals surface area contributed by atoms with Crippen LogP contribution in [0.15, 0.2) is 0 Å². The summed E-state index contributed by atoms with van der Waals surface area (Å²) in [6.45, 7) is 12.6. The molecule has 0 N–H and O–H groups in total. The van der Waals surface area contributed by atoms with Crippen LogP contribution < -0.4 is 0 Å². The molecule has 0 radical (unpaired) electrons. The van der Waals surface area contributed by atoms with Crippen LogP contribution in [-0.4, -0.2) is 24.5 Å². The van der Waals surface area contributed by atoms with E-state index in [4.69, 9.17) is 5.26 Å². The summed E-state index contributed by atoms with van der Waals surface area (Å²) in [6.07, 6.45) is 2.91. The monoisotopic (exact) mass is 210 g/mol. The molecule has 0 fully saturated rings. The molecule has 0 saturated heterocycles. The van der Waals surface area contributed by atoms with Crippen molar-refractivity contribution in [2.75, 3.05) is 19.6 Å². The lowest BCUT2D eigenvalue weighted by molar-refractivity contribution is 0.216. The van der Waals surface area contributed by atoms with Gasteiger partial charge >= 0.3 is 0 Å². The van der Waals surface area contributed by atoms with Crippen molar-refractivity contribution in [2.24, 2.45) is 11.8 Å². The molecule has 0 atom stereocenters. The van der Waals surface area contributed by atoms with E-state index in [1.54, 1.807) is 0 Å². The summed E-state index contributed by atoms with van der Waals surface area (Å²) >= 11 is 0. The van der Waals surface area contributed by atoms with Crippen LogP contribution in [0.1, 0.15) is 47.0 Å². The van der Waals surface area contributed by atoms with E-state index in [9.17, 15) is 0 Å². The van der Waals surface area contributed by atoms with Crippen molar-refractivity contribution >= 4 is 0 Å². The fourth-order valence-electron chi connectivity index (χ4n) is 1.83. The van der Waals surface area contributed by atoms with Crippen molar-refractivity contribution in [3.05, 3.63) is 0 Å². The average Bonchev–Trinajstić information content (AvgIpc) is 2.10. The zero-order chi connectivity index (χ0) is 11.7. The summed E-state index contributed by atoms with van der Waals surface area (Å²) in [6, 6.07) is 2.20. The SMILES string of the molecule is CC(C)CN(CCCCC#N)CC(C)C. The first-order chi connectivity index (χ1) is 7.06. The fourth-order valence-corrected chi connectivity index (χ4v) is 1.83. The van der Waals surface area contributed by atoms with Gasteiger partial charge in [0.05, 0.1) is 6.07 Å². The maximum atomic E-state index is 8.46. The second-order valence-corrected chi connectivity index (χ2v) is 5.16. The van der Waals surface area contributed by atoms with E-state index < -0.39 is 0 Å². The Balaban J connectivity index is 3.75. The van der Waals surface area contributed by atoms with Gasteiger partial charge in [-0.2, -0.15) is 5.26 Å². The van der Waals surface area contributed by atoms with Gasteiger partial charge in [0.25, 0.3) is 0 Å². The maximum absolute atomic E-state index is 8.46. The minimum Gasteiger partial charge on any atom is -0.303 e. The third-order valence-electron chi connectivity index (χ3n) is 2.26. The minimum atomic E-state index is 0.706. The lowest BCUT2D eigenvalue weighted by atomic mass is 10.1. The van der Waals surface area contributed by atoms with Gasteiger partial charge in [0.15, 0.2) is 0 Å². The highest BCUT2D eigenvalue weighted by molar-refractivity contribution is 4.69. The maximum Gasteiger partial charge on any atom is 0.0621 e. The average molecular weight is 210 g/mol. The molecule has 2 nitrogen and oxygen atoms in total. The number of hydrogen-bond acceptors (Lipinski definition) is 2. The standard InChI is InChI=1S/C13H26N2/c1-12(2)10-15(11-13(3)4)9-7-5-6-8-14/h12-13H,5-7,9-11H2,1-4H3. The molecule has 0 aromatic heterocycles. The van der Waals surface area contributed by atoms with Gasteiger partial charge in [0, 0.05) is 19.5 Å². The molecule has 0 aromatic carbocycles. The van der Waals surface area contributed by atoms with Crippen molar-refractivity contribution in [2.45, 2.75) is 47.0 Å². The second kappa shape index (κ2) is 8.73. The van der Waals surface area contributed by atoms with Gasteiger partial charge in [-0.15, -0.1) is 0 Å². The molecule has 0 aromatic rings. The smallest absolute Gasteiger partial charge is 0.0621 e. The molecular weight excluding hydrogens is 184 g/mol. The number of nitrogens with zero attached hydrogens (tertiary/aromatic N) is 2. The van der Waals surface area contributed by atoms with E-state index in [2.05, 4.69) is 38.7 Å². The van der Waals surface area contributed by atoms with E-state index >= 15 is 0 Å². The molecule has 2 heteroatoms. The summed E-state index contributed by atoms with van der Waals surface area (Å²) in [5, 5.41) is 8.46. The van der Waals surface area contributed by atoms with E-state index in [-0.39, 0.29) is 0 Å². The molecule has 0 bridgehead atoms. The molecule has 15 heavy (non-hydrogen) atoms. The molecule has 0 unspecified atom stereocenters. The molecule has 0 aliphatic heterocycles.